The van der Waals surface area contributed by atoms with Gasteiger partial charge in [0.05, 0.1) is 5.69 Å². The second-order valence-corrected chi connectivity index (χ2v) is 22.7. The summed E-state index contributed by atoms with van der Waals surface area (Å²) in [5.41, 5.74) is 26.5. The van der Waals surface area contributed by atoms with Gasteiger partial charge < -0.3 is 9.80 Å². The van der Waals surface area contributed by atoms with E-state index in [1.807, 2.05) is 6.20 Å². The molecular formula is C71H71N3. The number of aryl methyl sites for hydroxylation is 6. The average molecular weight is 966 g/mol. The number of hydrogen-bond donors (Lipinski definition) is 0. The van der Waals surface area contributed by atoms with E-state index in [0.29, 0.717) is 10.8 Å². The standard InChI is InChI=1S/C71H71N3/c1-50-41-68(51(2)40-67(50)58-14-6-5-7-15-58)61-34-39-72-69(45-61)60-28-26-59(27-29-60)65-16-8-9-17-66(65)62-43-56(20-18-54-22-30-63(31-23-54)73-48-70(46-52(73)3)35-10-11-36-70)42-57(44-62)21-19-55-24-32-64(33-25-55)74-49-71(47-53(74)4)37-12-13-38-71/h5-9,14-17,22-34,39-47H,10-13,18-21,35-38,48-49H2,1-4H3. The summed E-state index contributed by atoms with van der Waals surface area (Å²) in [6.07, 6.45) is 21.9. The Morgan fingerprint density at radius 2 is 0.824 bits per heavy atom. The van der Waals surface area contributed by atoms with Crippen molar-refractivity contribution in [3.63, 3.8) is 0 Å². The Morgan fingerprint density at radius 3 is 1.35 bits per heavy atom. The van der Waals surface area contributed by atoms with Crippen molar-refractivity contribution in [1.29, 1.82) is 0 Å². The van der Waals surface area contributed by atoms with E-state index in [1.165, 1.54) is 152 Å². The van der Waals surface area contributed by atoms with Crippen molar-refractivity contribution in [3.8, 4) is 55.8 Å². The molecule has 0 atom stereocenters. The first-order chi connectivity index (χ1) is 36.2. The van der Waals surface area contributed by atoms with E-state index in [2.05, 4.69) is 220 Å². The number of nitrogens with zero attached hydrogens (tertiary/aromatic N) is 3. The van der Waals surface area contributed by atoms with E-state index < -0.39 is 0 Å². The average Bonchev–Trinajstić information content (AvgIpc) is 4.25. The maximum atomic E-state index is 4.89. The van der Waals surface area contributed by atoms with Gasteiger partial charge >= 0.3 is 0 Å². The molecule has 7 aromatic carbocycles. The Bertz CT molecular complexity index is 3250. The van der Waals surface area contributed by atoms with Crippen LogP contribution in [0.4, 0.5) is 11.4 Å². The van der Waals surface area contributed by atoms with Crippen LogP contribution in [-0.2, 0) is 25.7 Å². The highest BCUT2D eigenvalue weighted by Gasteiger charge is 2.40. The number of anilines is 2. The molecule has 0 N–H and O–H groups in total. The van der Waals surface area contributed by atoms with E-state index in [1.54, 1.807) is 0 Å². The third-order valence-electron chi connectivity index (χ3n) is 17.4. The topological polar surface area (TPSA) is 19.4 Å². The van der Waals surface area contributed by atoms with Crippen LogP contribution in [0.3, 0.4) is 0 Å². The summed E-state index contributed by atoms with van der Waals surface area (Å²) in [6, 6.07) is 64.2. The van der Waals surface area contributed by atoms with Gasteiger partial charge in [0.2, 0.25) is 0 Å². The molecule has 2 aliphatic carbocycles. The molecule has 3 heteroatoms. The molecule has 2 saturated carbocycles. The van der Waals surface area contributed by atoms with Crippen LogP contribution in [0, 0.1) is 24.7 Å². The Morgan fingerprint density at radius 1 is 0.378 bits per heavy atom. The Labute approximate surface area is 441 Å². The minimum absolute atomic E-state index is 0.389. The van der Waals surface area contributed by atoms with Crippen molar-refractivity contribution in [2.24, 2.45) is 10.8 Å². The maximum absolute atomic E-state index is 4.89. The lowest BCUT2D eigenvalue weighted by Crippen LogP contribution is -2.26. The lowest BCUT2D eigenvalue weighted by molar-refractivity contribution is 0.427. The van der Waals surface area contributed by atoms with E-state index in [0.717, 1.165) is 50.0 Å². The van der Waals surface area contributed by atoms with Gasteiger partial charge in [-0.15, -0.1) is 0 Å². The third-order valence-corrected chi connectivity index (χ3v) is 17.4. The number of rotatable bonds is 13. The van der Waals surface area contributed by atoms with Crippen LogP contribution in [0.1, 0.15) is 98.6 Å². The number of hydrogen-bond acceptors (Lipinski definition) is 3. The van der Waals surface area contributed by atoms with E-state index in [9.17, 15) is 0 Å². The van der Waals surface area contributed by atoms with Gasteiger partial charge in [0.25, 0.3) is 0 Å². The first-order valence-electron chi connectivity index (χ1n) is 27.7. The molecule has 0 radical (unpaired) electrons. The minimum atomic E-state index is 0.389. The van der Waals surface area contributed by atoms with Crippen LogP contribution in [0.25, 0.3) is 55.8 Å². The first-order valence-corrected chi connectivity index (χ1v) is 27.7. The molecule has 1 aromatic heterocycles. The molecule has 2 spiro atoms. The Balaban J connectivity index is 0.799. The van der Waals surface area contributed by atoms with Crippen LogP contribution in [0.5, 0.6) is 0 Å². The monoisotopic (exact) mass is 966 g/mol. The van der Waals surface area contributed by atoms with Gasteiger partial charge in [0.15, 0.2) is 0 Å². The number of benzene rings is 7. The van der Waals surface area contributed by atoms with E-state index >= 15 is 0 Å². The zero-order valence-electron chi connectivity index (χ0n) is 44.1. The van der Waals surface area contributed by atoms with Crippen molar-refractivity contribution in [2.45, 2.75) is 105 Å². The SMILES string of the molecule is CC1=CC2(CCCC2)CN1c1ccc(CCc2cc(CCc3ccc(N4CC5(C=C4C)CCCC5)cc3)cc(-c3ccccc3-c3ccc(-c4cc(-c5cc(C)c(-c6ccccc6)cc5C)ccn4)cc3)c2)cc1. The molecule has 3 heterocycles. The molecule has 370 valence electrons. The van der Waals surface area contributed by atoms with Crippen molar-refractivity contribution in [3.05, 3.63) is 233 Å². The van der Waals surface area contributed by atoms with Crippen molar-refractivity contribution in [1.82, 2.24) is 4.98 Å². The number of allylic oxidation sites excluding steroid dienone is 2. The molecule has 2 aliphatic heterocycles. The highest BCUT2D eigenvalue weighted by molar-refractivity contribution is 5.85. The van der Waals surface area contributed by atoms with Crippen LogP contribution < -0.4 is 9.80 Å². The first kappa shape index (κ1) is 47.8. The van der Waals surface area contributed by atoms with Crippen molar-refractivity contribution < 1.29 is 0 Å². The van der Waals surface area contributed by atoms with Crippen LogP contribution >= 0.6 is 0 Å². The molecule has 12 rings (SSSR count). The number of pyridine rings is 1. The Kier molecular flexibility index (Phi) is 13.1. The normalized spacial score (nSPS) is 16.6. The molecule has 0 bridgehead atoms. The lowest BCUT2D eigenvalue weighted by Gasteiger charge is -2.26. The Hall–Kier alpha value is -7.23. The lowest BCUT2D eigenvalue weighted by atomic mass is 9.87. The fourth-order valence-corrected chi connectivity index (χ4v) is 13.5. The van der Waals surface area contributed by atoms with Gasteiger partial charge in [-0.1, -0.05) is 171 Å². The molecule has 3 nitrogen and oxygen atoms in total. The second kappa shape index (κ2) is 20.2. The summed E-state index contributed by atoms with van der Waals surface area (Å²) >= 11 is 0. The van der Waals surface area contributed by atoms with Crippen molar-refractivity contribution in [2.75, 3.05) is 22.9 Å². The quantitative estimate of drug-likeness (QED) is 0.115. The van der Waals surface area contributed by atoms with E-state index in [4.69, 9.17) is 4.98 Å². The predicted molar refractivity (Wildman–Crippen MR) is 313 cm³/mol. The fraction of sp³-hybridized carbons (Fsp3) is 0.282. The summed E-state index contributed by atoms with van der Waals surface area (Å²) in [7, 11) is 0. The van der Waals surface area contributed by atoms with Gasteiger partial charge in [-0.05, 0) is 193 Å². The highest BCUT2D eigenvalue weighted by atomic mass is 15.2. The molecule has 2 fully saturated rings. The highest BCUT2D eigenvalue weighted by Crippen LogP contribution is 2.48. The molecule has 0 unspecified atom stereocenters. The van der Waals surface area contributed by atoms with Crippen LogP contribution in [0.2, 0.25) is 0 Å². The van der Waals surface area contributed by atoms with Crippen molar-refractivity contribution >= 4 is 11.4 Å². The largest absolute Gasteiger partial charge is 0.345 e. The summed E-state index contributed by atoms with van der Waals surface area (Å²) in [4.78, 5) is 10.0. The summed E-state index contributed by atoms with van der Waals surface area (Å²) in [5, 5.41) is 0. The van der Waals surface area contributed by atoms with Gasteiger partial charge in [-0.2, -0.15) is 0 Å². The predicted octanol–water partition coefficient (Wildman–Crippen LogP) is 18.2. The maximum Gasteiger partial charge on any atom is 0.0708 e. The summed E-state index contributed by atoms with van der Waals surface area (Å²) in [6.45, 7) is 11.3. The zero-order chi connectivity index (χ0) is 50.2. The summed E-state index contributed by atoms with van der Waals surface area (Å²) in [5.74, 6) is 0. The second-order valence-electron chi connectivity index (χ2n) is 22.7. The van der Waals surface area contributed by atoms with Crippen LogP contribution in [0.15, 0.2) is 200 Å². The number of aromatic nitrogens is 1. The zero-order valence-corrected chi connectivity index (χ0v) is 44.1. The molecule has 4 aliphatic rings. The van der Waals surface area contributed by atoms with Gasteiger partial charge in [-0.3, -0.25) is 4.98 Å². The third kappa shape index (κ3) is 9.82. The fourth-order valence-electron chi connectivity index (χ4n) is 13.5. The van der Waals surface area contributed by atoms with Gasteiger partial charge in [0, 0.05) is 58.4 Å². The molecule has 0 saturated heterocycles. The van der Waals surface area contributed by atoms with Gasteiger partial charge in [0.1, 0.15) is 0 Å². The van der Waals surface area contributed by atoms with Crippen LogP contribution in [-0.4, -0.2) is 18.1 Å². The summed E-state index contributed by atoms with van der Waals surface area (Å²) < 4.78 is 0. The molecule has 74 heavy (non-hydrogen) atoms. The molecular weight excluding hydrogens is 895 g/mol. The molecule has 0 amide bonds. The minimum Gasteiger partial charge on any atom is -0.345 e. The smallest absolute Gasteiger partial charge is 0.0708 e. The molecule has 8 aromatic rings. The van der Waals surface area contributed by atoms with Gasteiger partial charge in [-0.25, -0.2) is 0 Å². The van der Waals surface area contributed by atoms with E-state index in [-0.39, 0.29) is 0 Å².